The largest absolute Gasteiger partial charge is 0.497 e. The lowest BCUT2D eigenvalue weighted by Gasteiger charge is -2.26. The molecule has 1 fully saturated rings. The van der Waals surface area contributed by atoms with Crippen LogP contribution in [0.2, 0.25) is 0 Å². The first kappa shape index (κ1) is 19.4. The third kappa shape index (κ3) is 4.86. The van der Waals surface area contributed by atoms with Crippen LogP contribution in [0.5, 0.6) is 23.0 Å². The minimum atomic E-state index is 0.395. The van der Waals surface area contributed by atoms with Gasteiger partial charge in [-0.3, -0.25) is 4.90 Å². The number of likely N-dealkylation sites (tertiary alicyclic amines) is 1. The van der Waals surface area contributed by atoms with E-state index in [1.165, 1.54) is 12.0 Å². The zero-order chi connectivity index (χ0) is 19.1. The Kier molecular flexibility index (Phi) is 6.82. The van der Waals surface area contributed by atoms with Crippen LogP contribution in [0.1, 0.15) is 30.9 Å². The molecule has 5 heteroatoms. The molecule has 0 spiro atoms. The first-order valence-electron chi connectivity index (χ1n) is 9.48. The minimum absolute atomic E-state index is 0.395. The van der Waals surface area contributed by atoms with Gasteiger partial charge in [0.05, 0.1) is 27.9 Å². The van der Waals surface area contributed by atoms with Crippen molar-refractivity contribution >= 4 is 0 Å². The molecular weight excluding hydrogens is 342 g/mol. The third-order valence-corrected chi connectivity index (χ3v) is 5.08. The van der Waals surface area contributed by atoms with Gasteiger partial charge in [-0.05, 0) is 56.1 Å². The maximum atomic E-state index is 5.86. The van der Waals surface area contributed by atoms with E-state index in [4.69, 9.17) is 18.9 Å². The average molecular weight is 371 g/mol. The molecule has 1 aliphatic heterocycles. The van der Waals surface area contributed by atoms with Crippen molar-refractivity contribution in [2.75, 3.05) is 41.0 Å². The molecule has 146 valence electrons. The number of rotatable bonds is 9. The molecule has 0 bridgehead atoms. The number of benzene rings is 2. The molecule has 5 nitrogen and oxygen atoms in total. The molecule has 27 heavy (non-hydrogen) atoms. The van der Waals surface area contributed by atoms with Crippen molar-refractivity contribution in [2.45, 2.75) is 25.3 Å². The van der Waals surface area contributed by atoms with E-state index in [-0.39, 0.29) is 0 Å². The molecule has 2 aromatic carbocycles. The van der Waals surface area contributed by atoms with Crippen LogP contribution >= 0.6 is 0 Å². The second kappa shape index (κ2) is 9.51. The highest BCUT2D eigenvalue weighted by molar-refractivity contribution is 5.42. The number of ether oxygens (including phenoxy) is 4. The van der Waals surface area contributed by atoms with E-state index in [0.717, 1.165) is 48.9 Å². The van der Waals surface area contributed by atoms with Gasteiger partial charge in [0.2, 0.25) is 0 Å². The third-order valence-electron chi connectivity index (χ3n) is 5.08. The summed E-state index contributed by atoms with van der Waals surface area (Å²) in [6.45, 7) is 2.83. The van der Waals surface area contributed by atoms with Crippen LogP contribution in [0.25, 0.3) is 0 Å². The SMILES string of the molecule is COc1ccc(OCCCN2CCCC2c2ccc(OC)cc2OC)cc1. The molecule has 0 saturated carbocycles. The fourth-order valence-electron chi connectivity index (χ4n) is 3.67. The van der Waals surface area contributed by atoms with Crippen molar-refractivity contribution < 1.29 is 18.9 Å². The molecule has 1 aliphatic rings. The lowest BCUT2D eigenvalue weighted by atomic mass is 10.0. The number of hydrogen-bond acceptors (Lipinski definition) is 5. The molecule has 0 aromatic heterocycles. The highest BCUT2D eigenvalue weighted by Gasteiger charge is 2.28. The summed E-state index contributed by atoms with van der Waals surface area (Å²) in [4.78, 5) is 2.53. The van der Waals surface area contributed by atoms with Crippen LogP contribution in [-0.4, -0.2) is 45.9 Å². The maximum absolute atomic E-state index is 5.86. The van der Waals surface area contributed by atoms with E-state index in [0.29, 0.717) is 12.6 Å². The molecule has 1 atom stereocenters. The Morgan fingerprint density at radius 2 is 1.59 bits per heavy atom. The Labute approximate surface area is 161 Å². The van der Waals surface area contributed by atoms with Crippen molar-refractivity contribution in [1.29, 1.82) is 0 Å². The molecule has 2 aromatic rings. The Balaban J connectivity index is 1.54. The van der Waals surface area contributed by atoms with Crippen LogP contribution < -0.4 is 18.9 Å². The van der Waals surface area contributed by atoms with E-state index in [1.807, 2.05) is 36.4 Å². The Hall–Kier alpha value is -2.40. The predicted octanol–water partition coefficient (Wildman–Crippen LogP) is 4.32. The van der Waals surface area contributed by atoms with E-state index in [9.17, 15) is 0 Å². The van der Waals surface area contributed by atoms with Crippen molar-refractivity contribution in [3.8, 4) is 23.0 Å². The predicted molar refractivity (Wildman–Crippen MR) is 106 cm³/mol. The summed E-state index contributed by atoms with van der Waals surface area (Å²) in [5, 5.41) is 0. The highest BCUT2D eigenvalue weighted by atomic mass is 16.5. The van der Waals surface area contributed by atoms with Crippen LogP contribution in [0.4, 0.5) is 0 Å². The highest BCUT2D eigenvalue weighted by Crippen LogP contribution is 2.38. The number of methoxy groups -OCH3 is 3. The quantitative estimate of drug-likeness (QED) is 0.614. The molecule has 0 N–H and O–H groups in total. The molecular formula is C22H29NO4. The minimum Gasteiger partial charge on any atom is -0.497 e. The molecule has 0 aliphatic carbocycles. The number of hydrogen-bond donors (Lipinski definition) is 0. The molecule has 0 radical (unpaired) electrons. The normalized spacial score (nSPS) is 16.9. The van der Waals surface area contributed by atoms with Gasteiger partial charge in [-0.2, -0.15) is 0 Å². The van der Waals surface area contributed by atoms with Crippen LogP contribution in [0.15, 0.2) is 42.5 Å². The Morgan fingerprint density at radius 3 is 2.30 bits per heavy atom. The maximum Gasteiger partial charge on any atom is 0.127 e. The topological polar surface area (TPSA) is 40.2 Å². The lowest BCUT2D eigenvalue weighted by Crippen LogP contribution is -2.26. The summed E-state index contributed by atoms with van der Waals surface area (Å²) in [6, 6.07) is 14.2. The summed E-state index contributed by atoms with van der Waals surface area (Å²) in [5.74, 6) is 3.45. The molecule has 1 unspecified atom stereocenters. The second-order valence-corrected chi connectivity index (χ2v) is 6.68. The summed E-state index contributed by atoms with van der Waals surface area (Å²) < 4.78 is 22.0. The monoisotopic (exact) mass is 371 g/mol. The van der Waals surface area contributed by atoms with E-state index >= 15 is 0 Å². The first-order valence-corrected chi connectivity index (χ1v) is 9.48. The van der Waals surface area contributed by atoms with Gasteiger partial charge in [0.25, 0.3) is 0 Å². The summed E-state index contributed by atoms with van der Waals surface area (Å²) in [6.07, 6.45) is 3.35. The van der Waals surface area contributed by atoms with Crippen LogP contribution in [0.3, 0.4) is 0 Å². The van der Waals surface area contributed by atoms with Gasteiger partial charge in [-0.25, -0.2) is 0 Å². The average Bonchev–Trinajstić information content (AvgIpc) is 3.19. The van der Waals surface area contributed by atoms with Gasteiger partial charge in [0.15, 0.2) is 0 Å². The van der Waals surface area contributed by atoms with Crippen LogP contribution in [-0.2, 0) is 0 Å². The van der Waals surface area contributed by atoms with Gasteiger partial charge in [-0.15, -0.1) is 0 Å². The standard InChI is InChI=1S/C22H29NO4/c1-24-17-7-9-18(10-8-17)27-15-5-14-23-13-4-6-21(23)20-12-11-19(25-2)16-22(20)26-3/h7-12,16,21H,4-6,13-15H2,1-3H3. The summed E-state index contributed by atoms with van der Waals surface area (Å²) in [5.41, 5.74) is 1.24. The van der Waals surface area contributed by atoms with Crippen LogP contribution in [0, 0.1) is 0 Å². The van der Waals surface area contributed by atoms with Crippen molar-refractivity contribution in [3.63, 3.8) is 0 Å². The zero-order valence-electron chi connectivity index (χ0n) is 16.4. The second-order valence-electron chi connectivity index (χ2n) is 6.68. The van der Waals surface area contributed by atoms with Gasteiger partial charge >= 0.3 is 0 Å². The lowest BCUT2D eigenvalue weighted by molar-refractivity contribution is 0.219. The Bertz CT molecular complexity index is 717. The van der Waals surface area contributed by atoms with Crippen molar-refractivity contribution in [1.82, 2.24) is 4.90 Å². The fraction of sp³-hybridized carbons (Fsp3) is 0.455. The first-order chi connectivity index (χ1) is 13.2. The zero-order valence-corrected chi connectivity index (χ0v) is 16.4. The van der Waals surface area contributed by atoms with Crippen molar-refractivity contribution in [2.24, 2.45) is 0 Å². The molecule has 1 heterocycles. The fourth-order valence-corrected chi connectivity index (χ4v) is 3.67. The van der Waals surface area contributed by atoms with Gasteiger partial charge < -0.3 is 18.9 Å². The van der Waals surface area contributed by atoms with E-state index < -0.39 is 0 Å². The number of nitrogens with zero attached hydrogens (tertiary/aromatic N) is 1. The summed E-state index contributed by atoms with van der Waals surface area (Å²) in [7, 11) is 5.07. The molecule has 0 amide bonds. The van der Waals surface area contributed by atoms with E-state index in [2.05, 4.69) is 11.0 Å². The van der Waals surface area contributed by atoms with E-state index in [1.54, 1.807) is 21.3 Å². The Morgan fingerprint density at radius 1 is 0.889 bits per heavy atom. The van der Waals surface area contributed by atoms with Gasteiger partial charge in [-0.1, -0.05) is 6.07 Å². The van der Waals surface area contributed by atoms with Crippen molar-refractivity contribution in [3.05, 3.63) is 48.0 Å². The summed E-state index contributed by atoms with van der Waals surface area (Å²) >= 11 is 0. The van der Waals surface area contributed by atoms with Gasteiger partial charge in [0, 0.05) is 24.2 Å². The smallest absolute Gasteiger partial charge is 0.127 e. The molecule has 1 saturated heterocycles. The molecule has 3 rings (SSSR count). The van der Waals surface area contributed by atoms with Gasteiger partial charge in [0.1, 0.15) is 23.0 Å².